The van der Waals surface area contributed by atoms with Gasteiger partial charge < -0.3 is 16.1 Å². The summed E-state index contributed by atoms with van der Waals surface area (Å²) in [6.07, 6.45) is 0.923. The third-order valence-corrected chi connectivity index (χ3v) is 2.28. The molecule has 0 aromatic carbocycles. The Morgan fingerprint density at radius 3 is 2.59 bits per heavy atom. The molecular formula is C9H13N3O5. The molecule has 0 spiro atoms. The first kappa shape index (κ1) is 12.8. The van der Waals surface area contributed by atoms with Gasteiger partial charge in [0, 0.05) is 6.42 Å². The van der Waals surface area contributed by atoms with Crippen LogP contribution in [0, 0.1) is 0 Å². The van der Waals surface area contributed by atoms with Crippen molar-refractivity contribution >= 4 is 5.97 Å². The smallest absolute Gasteiger partial charge is 0.349 e. The second-order valence-electron chi connectivity index (χ2n) is 3.53. The van der Waals surface area contributed by atoms with Crippen LogP contribution < -0.4 is 17.1 Å². The summed E-state index contributed by atoms with van der Waals surface area (Å²) in [5.41, 5.74) is -1.62. The summed E-state index contributed by atoms with van der Waals surface area (Å²) in [5, 5.41) is 17.9. The Balaban J connectivity index is 2.78. The Morgan fingerprint density at radius 2 is 2.00 bits per heavy atom. The van der Waals surface area contributed by atoms with Crippen LogP contribution in [0.4, 0.5) is 0 Å². The fraction of sp³-hybridized carbons (Fsp3) is 0.444. The summed E-state index contributed by atoms with van der Waals surface area (Å²) in [4.78, 5) is 34.5. The van der Waals surface area contributed by atoms with Gasteiger partial charge in [0.2, 0.25) is 5.88 Å². The molecule has 1 aromatic heterocycles. The molecule has 17 heavy (non-hydrogen) atoms. The lowest BCUT2D eigenvalue weighted by molar-refractivity contribution is -0.137. The SMILES string of the molecule is Nn1c(O)c(CCCCC(=O)O)c(=O)[nH]c1=O. The number of nitrogens with two attached hydrogens (primary N) is 1. The number of nitrogens with one attached hydrogen (secondary N) is 1. The average Bonchev–Trinajstić information content (AvgIpc) is 2.24. The maximum absolute atomic E-state index is 11.3. The van der Waals surface area contributed by atoms with Crippen LogP contribution in [0.1, 0.15) is 24.8 Å². The van der Waals surface area contributed by atoms with Gasteiger partial charge in [0.15, 0.2) is 0 Å². The molecule has 0 aliphatic heterocycles. The second-order valence-corrected chi connectivity index (χ2v) is 3.53. The van der Waals surface area contributed by atoms with Crippen molar-refractivity contribution in [1.29, 1.82) is 0 Å². The highest BCUT2D eigenvalue weighted by Crippen LogP contribution is 2.11. The zero-order valence-corrected chi connectivity index (χ0v) is 8.97. The monoisotopic (exact) mass is 243 g/mol. The molecule has 0 saturated heterocycles. The second kappa shape index (κ2) is 5.19. The molecule has 0 atom stereocenters. The zero-order chi connectivity index (χ0) is 13.0. The third kappa shape index (κ3) is 3.10. The molecule has 1 aromatic rings. The van der Waals surface area contributed by atoms with E-state index in [0.717, 1.165) is 0 Å². The molecule has 0 saturated carbocycles. The van der Waals surface area contributed by atoms with E-state index in [1.54, 1.807) is 0 Å². The number of hydrogen-bond acceptors (Lipinski definition) is 5. The van der Waals surface area contributed by atoms with E-state index in [-0.39, 0.29) is 18.4 Å². The standard InChI is InChI=1S/C9H13N3O5/c10-12-8(16)5(7(15)11-9(12)17)3-1-2-4-6(13)14/h16H,1-4,10H2,(H,13,14)(H,11,15,17). The largest absolute Gasteiger partial charge is 0.493 e. The van der Waals surface area contributed by atoms with Crippen LogP contribution in [0.5, 0.6) is 5.88 Å². The van der Waals surface area contributed by atoms with Crippen LogP contribution in [-0.2, 0) is 11.2 Å². The van der Waals surface area contributed by atoms with Crippen LogP contribution in [0.15, 0.2) is 9.59 Å². The quantitative estimate of drug-likeness (QED) is 0.376. The molecule has 8 heteroatoms. The van der Waals surface area contributed by atoms with Crippen molar-refractivity contribution in [3.05, 3.63) is 26.4 Å². The lowest BCUT2D eigenvalue weighted by atomic mass is 10.1. The number of nitrogen functional groups attached to an aromatic ring is 1. The Morgan fingerprint density at radius 1 is 1.35 bits per heavy atom. The number of aromatic amines is 1. The summed E-state index contributed by atoms with van der Waals surface area (Å²) in [6, 6.07) is 0. The molecule has 0 aliphatic carbocycles. The summed E-state index contributed by atoms with van der Waals surface area (Å²) in [7, 11) is 0. The lowest BCUT2D eigenvalue weighted by Crippen LogP contribution is -2.36. The van der Waals surface area contributed by atoms with Crippen molar-refractivity contribution in [2.45, 2.75) is 25.7 Å². The van der Waals surface area contributed by atoms with Gasteiger partial charge in [-0.2, -0.15) is 4.68 Å². The molecule has 0 fully saturated rings. The number of nitrogens with zero attached hydrogens (tertiary/aromatic N) is 1. The molecular weight excluding hydrogens is 230 g/mol. The number of rotatable bonds is 5. The molecule has 0 aliphatic rings. The predicted molar refractivity (Wildman–Crippen MR) is 58.3 cm³/mol. The van der Waals surface area contributed by atoms with E-state index < -0.39 is 23.1 Å². The van der Waals surface area contributed by atoms with E-state index in [4.69, 9.17) is 10.9 Å². The number of unbranched alkanes of at least 4 members (excludes halogenated alkanes) is 1. The van der Waals surface area contributed by atoms with Gasteiger partial charge in [0.05, 0.1) is 5.56 Å². The number of carboxylic acids is 1. The highest BCUT2D eigenvalue weighted by Gasteiger charge is 2.12. The summed E-state index contributed by atoms with van der Waals surface area (Å²) in [5.74, 6) is 3.68. The van der Waals surface area contributed by atoms with Crippen LogP contribution >= 0.6 is 0 Å². The first-order valence-corrected chi connectivity index (χ1v) is 4.97. The van der Waals surface area contributed by atoms with Crippen LogP contribution in [0.3, 0.4) is 0 Å². The van der Waals surface area contributed by atoms with E-state index in [0.29, 0.717) is 17.5 Å². The third-order valence-electron chi connectivity index (χ3n) is 2.28. The molecule has 1 heterocycles. The zero-order valence-electron chi connectivity index (χ0n) is 8.97. The van der Waals surface area contributed by atoms with Crippen molar-refractivity contribution in [2.24, 2.45) is 0 Å². The minimum absolute atomic E-state index is 0.0130. The molecule has 0 amide bonds. The summed E-state index contributed by atoms with van der Waals surface area (Å²) in [6.45, 7) is 0. The maximum Gasteiger partial charge on any atom is 0.349 e. The van der Waals surface area contributed by atoms with Crippen molar-refractivity contribution in [3.8, 4) is 5.88 Å². The minimum atomic E-state index is -0.924. The van der Waals surface area contributed by atoms with Crippen molar-refractivity contribution in [1.82, 2.24) is 9.66 Å². The number of carboxylic acid groups (broad SMARTS) is 1. The number of carbonyl (C=O) groups is 1. The van der Waals surface area contributed by atoms with E-state index in [9.17, 15) is 19.5 Å². The van der Waals surface area contributed by atoms with Gasteiger partial charge in [0.25, 0.3) is 5.56 Å². The number of aromatic hydroxyl groups is 1. The number of aliphatic carboxylic acids is 1. The first-order chi connectivity index (χ1) is 7.93. The number of aromatic nitrogens is 2. The molecule has 0 unspecified atom stereocenters. The van der Waals surface area contributed by atoms with Gasteiger partial charge in [-0.3, -0.25) is 14.6 Å². The van der Waals surface area contributed by atoms with E-state index in [1.165, 1.54) is 0 Å². The highest BCUT2D eigenvalue weighted by molar-refractivity contribution is 5.66. The molecule has 0 bridgehead atoms. The predicted octanol–water partition coefficient (Wildman–Crippen LogP) is -1.25. The van der Waals surface area contributed by atoms with Crippen molar-refractivity contribution in [3.63, 3.8) is 0 Å². The van der Waals surface area contributed by atoms with Gasteiger partial charge in [0.1, 0.15) is 0 Å². The Labute approximate surface area is 95.3 Å². The van der Waals surface area contributed by atoms with E-state index >= 15 is 0 Å². The van der Waals surface area contributed by atoms with Gasteiger partial charge in [-0.25, -0.2) is 4.79 Å². The molecule has 8 nitrogen and oxygen atoms in total. The molecule has 1 rings (SSSR count). The number of H-pyrrole nitrogens is 1. The fourth-order valence-electron chi connectivity index (χ4n) is 1.38. The number of hydrogen-bond donors (Lipinski definition) is 4. The van der Waals surface area contributed by atoms with Gasteiger partial charge in [-0.15, -0.1) is 0 Å². The van der Waals surface area contributed by atoms with Gasteiger partial charge in [-0.05, 0) is 19.3 Å². The minimum Gasteiger partial charge on any atom is -0.493 e. The highest BCUT2D eigenvalue weighted by atomic mass is 16.4. The Hall–Kier alpha value is -2.25. The fourth-order valence-corrected chi connectivity index (χ4v) is 1.38. The van der Waals surface area contributed by atoms with Crippen molar-refractivity contribution in [2.75, 3.05) is 5.84 Å². The lowest BCUT2D eigenvalue weighted by Gasteiger charge is -2.06. The Bertz CT molecular complexity index is 530. The van der Waals surface area contributed by atoms with Crippen LogP contribution in [-0.4, -0.2) is 25.8 Å². The normalized spacial score (nSPS) is 10.4. The first-order valence-electron chi connectivity index (χ1n) is 4.97. The molecule has 5 N–H and O–H groups in total. The summed E-state index contributed by atoms with van der Waals surface area (Å²) < 4.78 is 0.438. The van der Waals surface area contributed by atoms with Crippen LogP contribution in [0.25, 0.3) is 0 Å². The average molecular weight is 243 g/mol. The van der Waals surface area contributed by atoms with Gasteiger partial charge >= 0.3 is 11.7 Å². The van der Waals surface area contributed by atoms with E-state index in [2.05, 4.69) is 0 Å². The topological polar surface area (TPSA) is 138 Å². The molecule has 0 radical (unpaired) electrons. The Kier molecular flexibility index (Phi) is 3.91. The van der Waals surface area contributed by atoms with Gasteiger partial charge in [-0.1, -0.05) is 0 Å². The van der Waals surface area contributed by atoms with Crippen LogP contribution in [0.2, 0.25) is 0 Å². The van der Waals surface area contributed by atoms with E-state index in [1.807, 2.05) is 4.98 Å². The summed E-state index contributed by atoms with van der Waals surface area (Å²) >= 11 is 0. The molecule has 94 valence electrons. The maximum atomic E-state index is 11.3. The van der Waals surface area contributed by atoms with Crippen molar-refractivity contribution < 1.29 is 15.0 Å².